The van der Waals surface area contributed by atoms with Gasteiger partial charge in [-0.05, 0) is 58.7 Å². The number of hydrogen-bond acceptors (Lipinski definition) is 3. The van der Waals surface area contributed by atoms with Crippen LogP contribution in [0.2, 0.25) is 0 Å². The van der Waals surface area contributed by atoms with Crippen molar-refractivity contribution in [2.45, 2.75) is 19.3 Å². The summed E-state index contributed by atoms with van der Waals surface area (Å²) in [5.74, 6) is 0.861. The average molecular weight is 828 g/mol. The van der Waals surface area contributed by atoms with Crippen molar-refractivity contribution in [3.63, 3.8) is 0 Å². The molecule has 0 atom stereocenters. The summed E-state index contributed by atoms with van der Waals surface area (Å²) in [7, 11) is 0. The predicted molar refractivity (Wildman–Crippen MR) is 200 cm³/mol. The number of nitrogens with zero attached hydrogens (tertiary/aromatic N) is 3. The van der Waals surface area contributed by atoms with Gasteiger partial charge in [-0.2, -0.15) is 0 Å². The van der Waals surface area contributed by atoms with Crippen LogP contribution in [0.1, 0.15) is 25.0 Å². The zero-order valence-electron chi connectivity index (χ0n) is 27.7. The van der Waals surface area contributed by atoms with Gasteiger partial charge in [-0.3, -0.25) is 9.55 Å². The minimum atomic E-state index is -0.136. The quantitative estimate of drug-likeness (QED) is 0.163. The maximum absolute atomic E-state index is 10.9. The summed E-state index contributed by atoms with van der Waals surface area (Å²) in [4.78, 5) is 9.95. The van der Waals surface area contributed by atoms with Gasteiger partial charge >= 0.3 is 0 Å². The monoisotopic (exact) mass is 827 g/mol. The van der Waals surface area contributed by atoms with Crippen LogP contribution in [0.25, 0.3) is 61.6 Å². The molecule has 0 aliphatic carbocycles. The van der Waals surface area contributed by atoms with Crippen LogP contribution < -0.4 is 0 Å². The van der Waals surface area contributed by atoms with E-state index >= 15 is 0 Å². The summed E-state index contributed by atoms with van der Waals surface area (Å²) >= 11 is 0. The van der Waals surface area contributed by atoms with Crippen LogP contribution in [0.3, 0.4) is 0 Å². The fourth-order valence-corrected chi connectivity index (χ4v) is 6.64. The molecular formula is C45H34N3OPt-. The van der Waals surface area contributed by atoms with E-state index in [1.54, 1.807) is 6.07 Å². The van der Waals surface area contributed by atoms with Crippen LogP contribution in [0.4, 0.5) is 0 Å². The first-order valence-corrected chi connectivity index (χ1v) is 16.5. The minimum Gasteiger partial charge on any atom is -0.507 e. The van der Waals surface area contributed by atoms with Crippen LogP contribution >= 0.6 is 0 Å². The molecule has 50 heavy (non-hydrogen) atoms. The molecule has 2 heterocycles. The van der Waals surface area contributed by atoms with Gasteiger partial charge in [0.05, 0.1) is 16.6 Å². The van der Waals surface area contributed by atoms with Gasteiger partial charge in [-0.25, -0.2) is 4.98 Å². The molecule has 0 saturated heterocycles. The Hall–Kier alpha value is -5.57. The number of phenolic OH excluding ortho intramolecular Hbond substituents is 1. The molecule has 4 nitrogen and oxygen atoms in total. The van der Waals surface area contributed by atoms with Crippen molar-refractivity contribution >= 4 is 11.0 Å². The molecule has 0 aliphatic heterocycles. The first-order valence-electron chi connectivity index (χ1n) is 16.5. The molecule has 1 N–H and O–H groups in total. The standard InChI is InChI=1S/C45H34N3O.Pt/c1-45(2,35-17-5-3-6-18-35)36-19-12-14-31(29-36)32-26-27-46-40(30-32)34-16-11-15-33(28-34)38-23-13-24-41-43(38)47-44(39-22-9-10-25-42(39)49)48(41)37-20-7-4-8-21-37;/h3-27,29-30,49H,1-2H3;/q-1;. The van der Waals surface area contributed by atoms with Gasteiger partial charge in [0.2, 0.25) is 0 Å². The second-order valence-corrected chi connectivity index (χ2v) is 12.8. The normalized spacial score (nSPS) is 11.3. The van der Waals surface area contributed by atoms with E-state index in [1.165, 1.54) is 11.1 Å². The van der Waals surface area contributed by atoms with Crippen molar-refractivity contribution in [3.05, 3.63) is 181 Å². The van der Waals surface area contributed by atoms with Crippen molar-refractivity contribution in [3.8, 4) is 56.3 Å². The molecular weight excluding hydrogens is 794 g/mol. The second kappa shape index (κ2) is 13.7. The smallest absolute Gasteiger partial charge is 0.148 e. The maximum Gasteiger partial charge on any atom is 0.148 e. The number of rotatable bonds is 7. The summed E-state index contributed by atoms with van der Waals surface area (Å²) in [5, 5.41) is 10.9. The summed E-state index contributed by atoms with van der Waals surface area (Å²) in [6.07, 6.45) is 1.88. The molecule has 0 fully saturated rings. The Balaban J connectivity index is 0.00000392. The summed E-state index contributed by atoms with van der Waals surface area (Å²) in [6, 6.07) is 57.2. The predicted octanol–water partition coefficient (Wildman–Crippen LogP) is 10.9. The maximum atomic E-state index is 10.9. The van der Waals surface area contributed by atoms with E-state index in [2.05, 4.69) is 140 Å². The third-order valence-corrected chi connectivity index (χ3v) is 9.38. The van der Waals surface area contributed by atoms with E-state index in [0.717, 1.165) is 50.2 Å². The van der Waals surface area contributed by atoms with Crippen molar-refractivity contribution in [2.75, 3.05) is 0 Å². The van der Waals surface area contributed by atoms with Gasteiger partial charge in [-0.1, -0.05) is 128 Å². The molecule has 2 aromatic heterocycles. The Bertz CT molecular complexity index is 2430. The zero-order chi connectivity index (χ0) is 33.4. The molecule has 246 valence electrons. The fraction of sp³-hybridized carbons (Fsp3) is 0.0667. The van der Waals surface area contributed by atoms with Gasteiger partial charge in [0.1, 0.15) is 11.6 Å². The van der Waals surface area contributed by atoms with Crippen molar-refractivity contribution in [2.24, 2.45) is 0 Å². The van der Waals surface area contributed by atoms with Gasteiger partial charge in [0, 0.05) is 44.1 Å². The van der Waals surface area contributed by atoms with Crippen molar-refractivity contribution < 1.29 is 26.2 Å². The molecule has 8 aromatic rings. The number of para-hydroxylation sites is 3. The van der Waals surface area contributed by atoms with Crippen LogP contribution in [0.5, 0.6) is 5.75 Å². The Labute approximate surface area is 307 Å². The van der Waals surface area contributed by atoms with Crippen LogP contribution in [0, 0.1) is 6.07 Å². The van der Waals surface area contributed by atoms with Gasteiger partial charge < -0.3 is 5.11 Å². The number of aromatic hydroxyl groups is 1. The number of aromatic nitrogens is 3. The molecule has 0 unspecified atom stereocenters. The zero-order valence-corrected chi connectivity index (χ0v) is 30.0. The van der Waals surface area contributed by atoms with Crippen LogP contribution in [0.15, 0.2) is 164 Å². The molecule has 0 aliphatic rings. The third-order valence-electron chi connectivity index (χ3n) is 9.38. The summed E-state index contributed by atoms with van der Waals surface area (Å²) < 4.78 is 2.11. The molecule has 5 heteroatoms. The number of hydrogen-bond donors (Lipinski definition) is 1. The number of pyridine rings is 1. The Morgan fingerprint density at radius 2 is 1.24 bits per heavy atom. The fourth-order valence-electron chi connectivity index (χ4n) is 6.64. The number of benzene rings is 6. The Morgan fingerprint density at radius 1 is 0.600 bits per heavy atom. The molecule has 0 spiro atoms. The topological polar surface area (TPSA) is 50.9 Å². The van der Waals surface area contributed by atoms with Crippen LogP contribution in [-0.2, 0) is 26.5 Å². The first kappa shape index (κ1) is 33.0. The minimum absolute atomic E-state index is 0. The molecule has 0 amide bonds. The SMILES string of the molecule is CC(C)(c1ccccc1)c1cccc(-c2ccnc(-c3[c-]c(-c4cccc5c4nc(-c4ccccc4O)n5-c4ccccc4)ccc3)c2)c1.[Pt]. The van der Waals surface area contributed by atoms with Gasteiger partial charge in [-0.15, -0.1) is 29.8 Å². The molecule has 0 bridgehead atoms. The van der Waals surface area contributed by atoms with E-state index in [9.17, 15) is 5.11 Å². The summed E-state index contributed by atoms with van der Waals surface area (Å²) in [5.41, 5.74) is 11.7. The van der Waals surface area contributed by atoms with E-state index in [0.29, 0.717) is 11.4 Å². The number of imidazole rings is 1. The Morgan fingerprint density at radius 3 is 2.04 bits per heavy atom. The number of fused-ring (bicyclic) bond motifs is 1. The van der Waals surface area contributed by atoms with E-state index in [-0.39, 0.29) is 32.2 Å². The molecule has 0 saturated carbocycles. The van der Waals surface area contributed by atoms with Crippen LogP contribution in [-0.4, -0.2) is 19.6 Å². The Kier molecular flexibility index (Phi) is 9.06. The number of phenols is 1. The summed E-state index contributed by atoms with van der Waals surface area (Å²) in [6.45, 7) is 4.55. The van der Waals surface area contributed by atoms with E-state index in [1.807, 2.05) is 42.6 Å². The average Bonchev–Trinajstić information content (AvgIpc) is 3.55. The van der Waals surface area contributed by atoms with E-state index in [4.69, 9.17) is 9.97 Å². The first-order chi connectivity index (χ1) is 24.0. The largest absolute Gasteiger partial charge is 0.507 e. The third kappa shape index (κ3) is 6.08. The molecule has 6 aromatic carbocycles. The van der Waals surface area contributed by atoms with Crippen molar-refractivity contribution in [1.29, 1.82) is 0 Å². The molecule has 8 rings (SSSR count). The second-order valence-electron chi connectivity index (χ2n) is 12.8. The van der Waals surface area contributed by atoms with Gasteiger partial charge in [0.25, 0.3) is 0 Å². The van der Waals surface area contributed by atoms with Gasteiger partial charge in [0.15, 0.2) is 0 Å². The van der Waals surface area contributed by atoms with Crippen molar-refractivity contribution in [1.82, 2.24) is 14.5 Å². The van der Waals surface area contributed by atoms with E-state index < -0.39 is 0 Å². The molecule has 0 radical (unpaired) electrons.